The normalized spacial score (nSPS) is 14.1. The molecule has 128 valence electrons. The SMILES string of the molecule is C/C(=N/NC(=O)C1CC1)c1cccc(NC(=O)c2ccc(Cl)cc2)c1. The molecule has 2 amide bonds. The molecule has 0 atom stereocenters. The third kappa shape index (κ3) is 4.67. The molecule has 1 fully saturated rings. The van der Waals surface area contributed by atoms with Gasteiger partial charge in [-0.25, -0.2) is 5.43 Å². The number of nitrogens with zero attached hydrogens (tertiary/aromatic N) is 1. The van der Waals surface area contributed by atoms with Gasteiger partial charge in [0.2, 0.25) is 5.91 Å². The Bertz CT molecular complexity index is 827. The molecule has 0 aliphatic heterocycles. The molecular weight excluding hydrogens is 338 g/mol. The van der Waals surface area contributed by atoms with E-state index in [4.69, 9.17) is 11.6 Å². The van der Waals surface area contributed by atoms with E-state index in [1.54, 1.807) is 30.3 Å². The standard InChI is InChI=1S/C19H18ClN3O2/c1-12(22-23-19(25)14-5-6-14)15-3-2-4-17(11-15)21-18(24)13-7-9-16(20)10-8-13/h2-4,7-11,14H,5-6H2,1H3,(H,21,24)(H,23,25)/b22-12-. The molecule has 0 heterocycles. The number of hydrazone groups is 1. The molecule has 2 aromatic rings. The third-order valence-corrected chi connectivity index (χ3v) is 4.18. The quantitative estimate of drug-likeness (QED) is 0.631. The average molecular weight is 356 g/mol. The maximum absolute atomic E-state index is 12.3. The first-order valence-corrected chi connectivity index (χ1v) is 8.42. The van der Waals surface area contributed by atoms with Crippen molar-refractivity contribution < 1.29 is 9.59 Å². The van der Waals surface area contributed by atoms with Gasteiger partial charge in [0, 0.05) is 22.2 Å². The van der Waals surface area contributed by atoms with E-state index < -0.39 is 0 Å². The molecule has 2 aromatic carbocycles. The van der Waals surface area contributed by atoms with Crippen molar-refractivity contribution in [2.75, 3.05) is 5.32 Å². The van der Waals surface area contributed by atoms with E-state index in [1.165, 1.54) is 0 Å². The number of halogens is 1. The highest BCUT2D eigenvalue weighted by atomic mass is 35.5. The zero-order valence-corrected chi connectivity index (χ0v) is 14.5. The summed E-state index contributed by atoms with van der Waals surface area (Å²) in [6, 6.07) is 14.0. The number of benzene rings is 2. The molecule has 0 bridgehead atoms. The van der Waals surface area contributed by atoms with E-state index in [0.717, 1.165) is 18.4 Å². The van der Waals surface area contributed by atoms with Crippen molar-refractivity contribution in [1.82, 2.24) is 5.43 Å². The molecule has 1 saturated carbocycles. The predicted molar refractivity (Wildman–Crippen MR) is 98.9 cm³/mol. The molecule has 1 aliphatic rings. The fraction of sp³-hybridized carbons (Fsp3) is 0.211. The van der Waals surface area contributed by atoms with Crippen LogP contribution in [0, 0.1) is 5.92 Å². The van der Waals surface area contributed by atoms with E-state index in [1.807, 2.05) is 25.1 Å². The topological polar surface area (TPSA) is 70.6 Å². The summed E-state index contributed by atoms with van der Waals surface area (Å²) < 4.78 is 0. The van der Waals surface area contributed by atoms with Crippen LogP contribution in [0.25, 0.3) is 0 Å². The van der Waals surface area contributed by atoms with Crippen molar-refractivity contribution >= 4 is 34.8 Å². The molecule has 0 saturated heterocycles. The van der Waals surface area contributed by atoms with Crippen LogP contribution in [0.15, 0.2) is 53.6 Å². The van der Waals surface area contributed by atoms with Crippen LogP contribution in [0.4, 0.5) is 5.69 Å². The summed E-state index contributed by atoms with van der Waals surface area (Å²) in [4.78, 5) is 23.9. The molecule has 1 aliphatic carbocycles. The second-order valence-corrected chi connectivity index (χ2v) is 6.43. The van der Waals surface area contributed by atoms with Crippen molar-refractivity contribution in [3.63, 3.8) is 0 Å². The Morgan fingerprint density at radius 1 is 1.08 bits per heavy atom. The van der Waals surface area contributed by atoms with Crippen LogP contribution in [0.3, 0.4) is 0 Å². The predicted octanol–water partition coefficient (Wildman–Crippen LogP) is 3.84. The molecule has 0 spiro atoms. The van der Waals surface area contributed by atoms with E-state index in [0.29, 0.717) is 22.0 Å². The Morgan fingerprint density at radius 3 is 2.48 bits per heavy atom. The van der Waals surface area contributed by atoms with Gasteiger partial charge in [0.25, 0.3) is 5.91 Å². The molecule has 5 nitrogen and oxygen atoms in total. The first-order chi connectivity index (χ1) is 12.0. The number of carbonyl (C=O) groups excluding carboxylic acids is 2. The molecule has 0 aromatic heterocycles. The monoisotopic (exact) mass is 355 g/mol. The van der Waals surface area contributed by atoms with Gasteiger partial charge in [-0.1, -0.05) is 23.7 Å². The fourth-order valence-electron chi connectivity index (χ4n) is 2.27. The van der Waals surface area contributed by atoms with Crippen LogP contribution in [-0.2, 0) is 4.79 Å². The minimum Gasteiger partial charge on any atom is -0.322 e. The van der Waals surface area contributed by atoms with Crippen molar-refractivity contribution in [1.29, 1.82) is 0 Å². The van der Waals surface area contributed by atoms with Gasteiger partial charge >= 0.3 is 0 Å². The summed E-state index contributed by atoms with van der Waals surface area (Å²) in [6.45, 7) is 1.81. The minimum absolute atomic E-state index is 0.0356. The zero-order chi connectivity index (χ0) is 17.8. The summed E-state index contributed by atoms with van der Waals surface area (Å²) in [5.41, 5.74) is 5.26. The lowest BCUT2D eigenvalue weighted by atomic mass is 10.1. The second kappa shape index (κ2) is 7.49. The lowest BCUT2D eigenvalue weighted by Crippen LogP contribution is -2.20. The Kier molecular flexibility index (Phi) is 5.14. The van der Waals surface area contributed by atoms with Gasteiger partial charge in [0.05, 0.1) is 5.71 Å². The molecule has 6 heteroatoms. The van der Waals surface area contributed by atoms with Crippen LogP contribution in [0.5, 0.6) is 0 Å². The highest BCUT2D eigenvalue weighted by molar-refractivity contribution is 6.30. The maximum atomic E-state index is 12.3. The van der Waals surface area contributed by atoms with Gasteiger partial charge < -0.3 is 5.32 Å². The molecule has 0 unspecified atom stereocenters. The number of hydrogen-bond donors (Lipinski definition) is 2. The highest BCUT2D eigenvalue weighted by Crippen LogP contribution is 2.28. The summed E-state index contributed by atoms with van der Waals surface area (Å²) in [6.07, 6.45) is 1.87. The number of anilines is 1. The summed E-state index contributed by atoms with van der Waals surface area (Å²) in [5, 5.41) is 7.56. The highest BCUT2D eigenvalue weighted by Gasteiger charge is 2.29. The van der Waals surface area contributed by atoms with Gasteiger partial charge in [-0.3, -0.25) is 9.59 Å². The Labute approximate surface area is 151 Å². The third-order valence-electron chi connectivity index (χ3n) is 3.93. The average Bonchev–Trinajstić information content (AvgIpc) is 3.45. The number of rotatable bonds is 5. The van der Waals surface area contributed by atoms with Crippen molar-refractivity contribution in [3.05, 3.63) is 64.7 Å². The minimum atomic E-state index is -0.217. The van der Waals surface area contributed by atoms with Crippen LogP contribution in [0.2, 0.25) is 5.02 Å². The van der Waals surface area contributed by atoms with Crippen molar-refractivity contribution in [2.45, 2.75) is 19.8 Å². The lowest BCUT2D eigenvalue weighted by molar-refractivity contribution is -0.122. The number of amides is 2. The van der Waals surface area contributed by atoms with E-state index >= 15 is 0 Å². The molecule has 2 N–H and O–H groups in total. The lowest BCUT2D eigenvalue weighted by Gasteiger charge is -2.08. The smallest absolute Gasteiger partial charge is 0.255 e. The fourth-order valence-corrected chi connectivity index (χ4v) is 2.39. The zero-order valence-electron chi connectivity index (χ0n) is 13.8. The maximum Gasteiger partial charge on any atom is 0.255 e. The van der Waals surface area contributed by atoms with Crippen LogP contribution >= 0.6 is 11.6 Å². The Balaban J connectivity index is 1.68. The van der Waals surface area contributed by atoms with Gasteiger partial charge in [-0.05, 0) is 61.7 Å². The number of nitrogens with one attached hydrogen (secondary N) is 2. The second-order valence-electron chi connectivity index (χ2n) is 5.99. The van der Waals surface area contributed by atoms with Crippen molar-refractivity contribution in [2.24, 2.45) is 11.0 Å². The molecule has 3 rings (SSSR count). The van der Waals surface area contributed by atoms with Crippen LogP contribution in [-0.4, -0.2) is 17.5 Å². The Hall–Kier alpha value is -2.66. The van der Waals surface area contributed by atoms with Gasteiger partial charge in [0.1, 0.15) is 0 Å². The molecule has 0 radical (unpaired) electrons. The van der Waals surface area contributed by atoms with Gasteiger partial charge in [0.15, 0.2) is 0 Å². The van der Waals surface area contributed by atoms with Crippen molar-refractivity contribution in [3.8, 4) is 0 Å². The van der Waals surface area contributed by atoms with E-state index in [-0.39, 0.29) is 17.7 Å². The van der Waals surface area contributed by atoms with Gasteiger partial charge in [-0.15, -0.1) is 0 Å². The molecular formula is C19H18ClN3O2. The van der Waals surface area contributed by atoms with Gasteiger partial charge in [-0.2, -0.15) is 5.10 Å². The summed E-state index contributed by atoms with van der Waals surface area (Å²) >= 11 is 5.83. The number of hydrogen-bond acceptors (Lipinski definition) is 3. The van der Waals surface area contributed by atoms with Crippen LogP contribution in [0.1, 0.15) is 35.7 Å². The Morgan fingerprint density at radius 2 is 1.80 bits per heavy atom. The van der Waals surface area contributed by atoms with E-state index in [9.17, 15) is 9.59 Å². The van der Waals surface area contributed by atoms with Crippen LogP contribution < -0.4 is 10.7 Å². The summed E-state index contributed by atoms with van der Waals surface area (Å²) in [5.74, 6) is -0.140. The number of carbonyl (C=O) groups is 2. The largest absolute Gasteiger partial charge is 0.322 e. The first-order valence-electron chi connectivity index (χ1n) is 8.04. The molecule has 25 heavy (non-hydrogen) atoms. The summed E-state index contributed by atoms with van der Waals surface area (Å²) in [7, 11) is 0. The van der Waals surface area contributed by atoms with E-state index in [2.05, 4.69) is 15.8 Å². The first kappa shape index (κ1) is 17.2.